The number of amides is 2. The third-order valence-electron chi connectivity index (χ3n) is 6.13. The normalized spacial score (nSPS) is 19.7. The average Bonchev–Trinajstić information content (AvgIpc) is 2.82. The van der Waals surface area contributed by atoms with Gasteiger partial charge in [-0.3, -0.25) is 9.59 Å². The van der Waals surface area contributed by atoms with Crippen molar-refractivity contribution in [2.75, 3.05) is 13.6 Å². The van der Waals surface area contributed by atoms with Crippen LogP contribution < -0.4 is 16.8 Å². The summed E-state index contributed by atoms with van der Waals surface area (Å²) >= 11 is 0. The number of benzene rings is 2. The van der Waals surface area contributed by atoms with Gasteiger partial charge < -0.3 is 21.7 Å². The quantitative estimate of drug-likeness (QED) is 0.655. The minimum Gasteiger partial charge on any atom is -0.341 e. The Hall–Kier alpha value is -2.70. The van der Waals surface area contributed by atoms with Crippen molar-refractivity contribution < 1.29 is 9.59 Å². The van der Waals surface area contributed by atoms with Crippen LogP contribution in [0.3, 0.4) is 0 Å². The number of rotatable bonds is 7. The Morgan fingerprint density at radius 3 is 2.37 bits per heavy atom. The van der Waals surface area contributed by atoms with Crippen LogP contribution >= 0.6 is 0 Å². The fourth-order valence-electron chi connectivity index (χ4n) is 4.14. The van der Waals surface area contributed by atoms with Gasteiger partial charge in [0.05, 0.1) is 0 Å². The molecule has 1 atom stereocenters. The minimum absolute atomic E-state index is 0.0965. The molecule has 5 N–H and O–H groups in total. The molecule has 1 fully saturated rings. The second kappa shape index (κ2) is 10.4. The van der Waals surface area contributed by atoms with Crippen LogP contribution in [0.15, 0.2) is 54.6 Å². The monoisotopic (exact) mass is 408 g/mol. The Kier molecular flexibility index (Phi) is 7.60. The largest absolute Gasteiger partial charge is 0.341 e. The standard InChI is InChI=1S/C24H32N4O2/c1-28(21-12-10-17(15-25)11-13-21)24(30)22(19-7-3-2-4-8-19)27-23(29)20-9-5-6-18(14-20)16-26/h2-9,14,17,21-22H,10-13,15-16,25-26H2,1H3,(H,27,29)/t17?,21?,22-/m1/s1. The molecule has 0 bridgehead atoms. The summed E-state index contributed by atoms with van der Waals surface area (Å²) in [4.78, 5) is 28.2. The summed E-state index contributed by atoms with van der Waals surface area (Å²) in [6.45, 7) is 1.06. The van der Waals surface area contributed by atoms with Crippen molar-refractivity contribution in [1.29, 1.82) is 0 Å². The molecule has 3 rings (SSSR count). The Morgan fingerprint density at radius 1 is 1.03 bits per heavy atom. The highest BCUT2D eigenvalue weighted by atomic mass is 16.2. The van der Waals surface area contributed by atoms with Crippen LogP contribution in [-0.2, 0) is 11.3 Å². The van der Waals surface area contributed by atoms with Gasteiger partial charge in [0.2, 0.25) is 5.91 Å². The molecule has 6 nitrogen and oxygen atoms in total. The van der Waals surface area contributed by atoms with Crippen molar-refractivity contribution in [3.05, 3.63) is 71.3 Å². The van der Waals surface area contributed by atoms with E-state index in [2.05, 4.69) is 5.32 Å². The van der Waals surface area contributed by atoms with Crippen molar-refractivity contribution in [1.82, 2.24) is 10.2 Å². The highest BCUT2D eigenvalue weighted by molar-refractivity contribution is 5.98. The fourth-order valence-corrected chi connectivity index (χ4v) is 4.14. The molecular formula is C24H32N4O2. The number of nitrogens with zero attached hydrogens (tertiary/aromatic N) is 1. The molecule has 0 spiro atoms. The summed E-state index contributed by atoms with van der Waals surface area (Å²) in [6, 6.07) is 16.0. The van der Waals surface area contributed by atoms with Gasteiger partial charge in [-0.15, -0.1) is 0 Å². The molecule has 0 saturated heterocycles. The number of carbonyl (C=O) groups excluding carboxylic acids is 2. The molecule has 0 radical (unpaired) electrons. The van der Waals surface area contributed by atoms with E-state index in [1.54, 1.807) is 23.1 Å². The Balaban J connectivity index is 1.78. The van der Waals surface area contributed by atoms with Gasteiger partial charge in [-0.1, -0.05) is 42.5 Å². The van der Waals surface area contributed by atoms with Gasteiger partial charge in [0, 0.05) is 25.2 Å². The smallest absolute Gasteiger partial charge is 0.252 e. The van der Waals surface area contributed by atoms with E-state index in [-0.39, 0.29) is 17.9 Å². The lowest BCUT2D eigenvalue weighted by Crippen LogP contribution is -2.46. The van der Waals surface area contributed by atoms with Gasteiger partial charge >= 0.3 is 0 Å². The van der Waals surface area contributed by atoms with Gasteiger partial charge in [-0.2, -0.15) is 0 Å². The van der Waals surface area contributed by atoms with Crippen LogP contribution in [0.4, 0.5) is 0 Å². The molecule has 0 heterocycles. The predicted molar refractivity (Wildman–Crippen MR) is 119 cm³/mol. The molecule has 1 aliphatic carbocycles. The number of nitrogens with two attached hydrogens (primary N) is 2. The molecule has 1 saturated carbocycles. The molecule has 0 unspecified atom stereocenters. The number of hydrogen-bond donors (Lipinski definition) is 3. The highest BCUT2D eigenvalue weighted by Gasteiger charge is 2.31. The molecular weight excluding hydrogens is 376 g/mol. The molecule has 6 heteroatoms. The molecule has 2 aromatic rings. The third kappa shape index (κ3) is 5.26. The maximum absolute atomic E-state index is 13.5. The van der Waals surface area contributed by atoms with E-state index in [4.69, 9.17) is 11.5 Å². The summed E-state index contributed by atoms with van der Waals surface area (Å²) in [5.41, 5.74) is 13.6. The second-order valence-corrected chi connectivity index (χ2v) is 8.08. The first-order chi connectivity index (χ1) is 14.5. The van der Waals surface area contributed by atoms with E-state index >= 15 is 0 Å². The van der Waals surface area contributed by atoms with Crippen molar-refractivity contribution in [3.63, 3.8) is 0 Å². The number of carbonyl (C=O) groups is 2. The summed E-state index contributed by atoms with van der Waals surface area (Å²) in [5.74, 6) is 0.165. The predicted octanol–water partition coefficient (Wildman–Crippen LogP) is 2.59. The number of nitrogens with one attached hydrogen (secondary N) is 1. The zero-order valence-corrected chi connectivity index (χ0v) is 17.6. The second-order valence-electron chi connectivity index (χ2n) is 8.08. The lowest BCUT2D eigenvalue weighted by molar-refractivity contribution is -0.135. The van der Waals surface area contributed by atoms with E-state index in [1.165, 1.54) is 0 Å². The van der Waals surface area contributed by atoms with Crippen LogP contribution in [0.25, 0.3) is 0 Å². The third-order valence-corrected chi connectivity index (χ3v) is 6.13. The van der Waals surface area contributed by atoms with E-state index in [0.29, 0.717) is 24.6 Å². The summed E-state index contributed by atoms with van der Waals surface area (Å²) in [7, 11) is 1.84. The lowest BCUT2D eigenvalue weighted by atomic mass is 9.85. The minimum atomic E-state index is -0.738. The fraction of sp³-hybridized carbons (Fsp3) is 0.417. The molecule has 0 aromatic heterocycles. The first-order valence-corrected chi connectivity index (χ1v) is 10.6. The van der Waals surface area contributed by atoms with Gasteiger partial charge in [-0.05, 0) is 61.4 Å². The molecule has 2 aromatic carbocycles. The average molecular weight is 409 g/mol. The SMILES string of the molecule is CN(C(=O)[C@H](NC(=O)c1cccc(CN)c1)c1ccccc1)C1CCC(CN)CC1. The van der Waals surface area contributed by atoms with Crippen LogP contribution in [0.2, 0.25) is 0 Å². The summed E-state index contributed by atoms with van der Waals surface area (Å²) < 4.78 is 0. The van der Waals surface area contributed by atoms with Crippen LogP contribution in [0, 0.1) is 5.92 Å². The van der Waals surface area contributed by atoms with E-state index in [0.717, 1.165) is 36.8 Å². The zero-order chi connectivity index (χ0) is 21.5. The van der Waals surface area contributed by atoms with E-state index in [1.807, 2.05) is 43.4 Å². The summed E-state index contributed by atoms with van der Waals surface area (Å²) in [6.07, 6.45) is 3.95. The topological polar surface area (TPSA) is 101 Å². The molecule has 1 aliphatic rings. The van der Waals surface area contributed by atoms with Gasteiger partial charge in [0.15, 0.2) is 0 Å². The maximum Gasteiger partial charge on any atom is 0.252 e. The zero-order valence-electron chi connectivity index (χ0n) is 17.6. The molecule has 2 amide bonds. The Morgan fingerprint density at radius 2 is 1.73 bits per heavy atom. The van der Waals surface area contributed by atoms with Crippen LogP contribution in [0.5, 0.6) is 0 Å². The highest BCUT2D eigenvalue weighted by Crippen LogP contribution is 2.28. The van der Waals surface area contributed by atoms with Crippen molar-refractivity contribution in [3.8, 4) is 0 Å². The number of hydrogen-bond acceptors (Lipinski definition) is 4. The molecule has 0 aliphatic heterocycles. The maximum atomic E-state index is 13.5. The van der Waals surface area contributed by atoms with Crippen molar-refractivity contribution >= 4 is 11.8 Å². The molecule has 160 valence electrons. The Labute approximate surface area is 178 Å². The Bertz CT molecular complexity index is 847. The van der Waals surface area contributed by atoms with Gasteiger partial charge in [0.25, 0.3) is 5.91 Å². The lowest BCUT2D eigenvalue weighted by Gasteiger charge is -2.36. The first-order valence-electron chi connectivity index (χ1n) is 10.6. The van der Waals surface area contributed by atoms with Crippen molar-refractivity contribution in [2.45, 2.75) is 44.3 Å². The van der Waals surface area contributed by atoms with E-state index in [9.17, 15) is 9.59 Å². The molecule has 30 heavy (non-hydrogen) atoms. The van der Waals surface area contributed by atoms with Crippen LogP contribution in [0.1, 0.15) is 53.2 Å². The van der Waals surface area contributed by atoms with Gasteiger partial charge in [-0.25, -0.2) is 0 Å². The first kappa shape index (κ1) is 22.0. The van der Waals surface area contributed by atoms with Crippen LogP contribution in [-0.4, -0.2) is 36.3 Å². The van der Waals surface area contributed by atoms with Gasteiger partial charge in [0.1, 0.15) is 6.04 Å². The summed E-state index contributed by atoms with van der Waals surface area (Å²) in [5, 5.41) is 2.95. The van der Waals surface area contributed by atoms with Crippen molar-refractivity contribution in [2.24, 2.45) is 17.4 Å². The number of likely N-dealkylation sites (N-methyl/N-ethyl adjacent to an activating group) is 1. The van der Waals surface area contributed by atoms with E-state index < -0.39 is 6.04 Å².